The second-order valence-corrected chi connectivity index (χ2v) is 19.7. The topological polar surface area (TPSA) is 90.9 Å². The largest absolute Gasteiger partial charge is 1.00 e. The number of quaternary nitrogens is 1. The summed E-state index contributed by atoms with van der Waals surface area (Å²) in [6, 6.07) is 6.06. The first-order chi connectivity index (χ1) is 30.7. The highest BCUT2D eigenvalue weighted by atomic mass is 79.9. The number of amides is 1. The maximum Gasteiger partial charge on any atom is 0.328 e. The summed E-state index contributed by atoms with van der Waals surface area (Å²) in [4.78, 5) is 39.3. The summed E-state index contributed by atoms with van der Waals surface area (Å²) in [5.74, 6) is -0.512. The second kappa shape index (κ2) is 44.7. The maximum absolute atomic E-state index is 13.3. The number of carbonyl (C=O) groups excluding carboxylic acids is 3. The predicted molar refractivity (Wildman–Crippen MR) is 266 cm³/mol. The molecule has 64 heavy (non-hydrogen) atoms. The number of nitrogens with zero attached hydrogens (tertiary/aromatic N) is 1. The summed E-state index contributed by atoms with van der Waals surface area (Å²) in [5.41, 5.74) is 0.425. The number of benzene rings is 1. The molecule has 0 bridgehead atoms. The van der Waals surface area contributed by atoms with E-state index in [9.17, 15) is 14.4 Å². The molecule has 0 fully saturated rings. The molecule has 9 heteroatoms. The zero-order valence-corrected chi connectivity index (χ0v) is 44.0. The Bertz CT molecular complexity index is 1210. The van der Waals surface area contributed by atoms with Crippen molar-refractivity contribution in [3.63, 3.8) is 0 Å². The Morgan fingerprint density at radius 1 is 0.484 bits per heavy atom. The fourth-order valence-electron chi connectivity index (χ4n) is 8.17. The highest BCUT2D eigenvalue weighted by Crippen LogP contribution is 2.17. The van der Waals surface area contributed by atoms with Crippen molar-refractivity contribution < 1.29 is 50.1 Å². The number of ether oxygens (including phenoxy) is 3. The number of hydrogen-bond donors (Lipinski definition) is 1. The van der Waals surface area contributed by atoms with Crippen molar-refractivity contribution in [2.45, 2.75) is 251 Å². The summed E-state index contributed by atoms with van der Waals surface area (Å²) in [5, 5.41) is 2.85. The van der Waals surface area contributed by atoms with E-state index in [0.29, 0.717) is 31.1 Å². The number of esters is 2. The van der Waals surface area contributed by atoms with Crippen LogP contribution in [0.5, 0.6) is 5.75 Å². The molecular weight excluding hydrogens is 865 g/mol. The lowest BCUT2D eigenvalue weighted by Gasteiger charge is -2.23. The molecule has 0 saturated heterocycles. The van der Waals surface area contributed by atoms with Gasteiger partial charge >= 0.3 is 11.9 Å². The van der Waals surface area contributed by atoms with Gasteiger partial charge in [-0.3, -0.25) is 9.59 Å². The summed E-state index contributed by atoms with van der Waals surface area (Å²) in [6.45, 7) is 6.96. The molecule has 0 saturated carbocycles. The van der Waals surface area contributed by atoms with Gasteiger partial charge in [0.05, 0.1) is 47.5 Å². The molecule has 1 N–H and O–H groups in total. The van der Waals surface area contributed by atoms with Crippen molar-refractivity contribution >= 4 is 17.8 Å². The average Bonchev–Trinajstić information content (AvgIpc) is 3.26. The van der Waals surface area contributed by atoms with E-state index in [2.05, 4.69) is 40.3 Å². The summed E-state index contributed by atoms with van der Waals surface area (Å²) < 4.78 is 18.0. The van der Waals surface area contributed by atoms with Crippen molar-refractivity contribution in [3.05, 3.63) is 29.8 Å². The number of rotatable bonds is 46. The minimum absolute atomic E-state index is 0. The van der Waals surface area contributed by atoms with Crippen molar-refractivity contribution in [1.29, 1.82) is 0 Å². The third-order valence-corrected chi connectivity index (χ3v) is 12.3. The van der Waals surface area contributed by atoms with Crippen LogP contribution < -0.4 is 27.0 Å². The van der Waals surface area contributed by atoms with Gasteiger partial charge < -0.3 is 41.0 Å². The summed E-state index contributed by atoms with van der Waals surface area (Å²) >= 11 is 0. The molecule has 0 aromatic heterocycles. The van der Waals surface area contributed by atoms with Crippen LogP contribution in [0.3, 0.4) is 0 Å². The number of halogens is 1. The third kappa shape index (κ3) is 40.2. The molecule has 1 atom stereocenters. The van der Waals surface area contributed by atoms with E-state index in [4.69, 9.17) is 14.2 Å². The highest BCUT2D eigenvalue weighted by Gasteiger charge is 2.24. The maximum atomic E-state index is 13.3. The van der Waals surface area contributed by atoms with Gasteiger partial charge in [0.15, 0.2) is 0 Å². The van der Waals surface area contributed by atoms with E-state index < -0.39 is 12.0 Å². The molecule has 1 rings (SSSR count). The molecule has 1 aromatic carbocycles. The monoisotopic (exact) mass is 965 g/mol. The third-order valence-electron chi connectivity index (χ3n) is 12.3. The van der Waals surface area contributed by atoms with Crippen LogP contribution in [-0.4, -0.2) is 75.9 Å². The van der Waals surface area contributed by atoms with Gasteiger partial charge in [-0.25, -0.2) is 4.79 Å². The van der Waals surface area contributed by atoms with Crippen LogP contribution in [0.25, 0.3) is 0 Å². The minimum Gasteiger partial charge on any atom is -1.00 e. The number of unbranched alkanes of at least 4 members (excludes halogenated alkanes) is 31. The fourth-order valence-corrected chi connectivity index (χ4v) is 8.17. The van der Waals surface area contributed by atoms with E-state index in [-0.39, 0.29) is 41.7 Å². The predicted octanol–water partition coefficient (Wildman–Crippen LogP) is 12.0. The smallest absolute Gasteiger partial charge is 0.328 e. The van der Waals surface area contributed by atoms with Gasteiger partial charge in [0.1, 0.15) is 11.8 Å². The van der Waals surface area contributed by atoms with Gasteiger partial charge in [-0.05, 0) is 56.4 Å². The number of hydrogen-bond acceptors (Lipinski definition) is 6. The van der Waals surface area contributed by atoms with Crippen LogP contribution in [0, 0.1) is 0 Å². The second-order valence-electron chi connectivity index (χ2n) is 19.7. The van der Waals surface area contributed by atoms with Gasteiger partial charge in [0, 0.05) is 12.0 Å². The van der Waals surface area contributed by atoms with Gasteiger partial charge in [-0.15, -0.1) is 0 Å². The normalized spacial score (nSPS) is 11.8. The van der Waals surface area contributed by atoms with Crippen molar-refractivity contribution in [2.24, 2.45) is 0 Å². The average molecular weight is 966 g/mol. The Morgan fingerprint density at radius 3 is 1.23 bits per heavy atom. The van der Waals surface area contributed by atoms with E-state index in [1.807, 2.05) is 0 Å². The molecule has 0 heterocycles. The van der Waals surface area contributed by atoms with E-state index in [1.165, 1.54) is 173 Å². The van der Waals surface area contributed by atoms with Crippen molar-refractivity contribution in [2.75, 3.05) is 47.5 Å². The van der Waals surface area contributed by atoms with Crippen LogP contribution in [0.2, 0.25) is 0 Å². The highest BCUT2D eigenvalue weighted by molar-refractivity contribution is 5.97. The van der Waals surface area contributed by atoms with E-state index >= 15 is 0 Å². The van der Waals surface area contributed by atoms with Gasteiger partial charge in [-0.2, -0.15) is 0 Å². The molecule has 1 aromatic rings. The van der Waals surface area contributed by atoms with Crippen LogP contribution in [0.15, 0.2) is 24.3 Å². The van der Waals surface area contributed by atoms with E-state index in [1.54, 1.807) is 24.3 Å². The Hall–Kier alpha value is -2.13. The summed E-state index contributed by atoms with van der Waals surface area (Å²) in [7, 11) is 6.56. The lowest BCUT2D eigenvalue weighted by molar-refractivity contribution is -0.870. The number of nitrogens with one attached hydrogen (secondary N) is 1. The number of carbonyl (C=O) groups is 3. The Labute approximate surface area is 405 Å². The Morgan fingerprint density at radius 2 is 0.844 bits per heavy atom. The van der Waals surface area contributed by atoms with Crippen LogP contribution in [-0.2, 0) is 19.1 Å². The van der Waals surface area contributed by atoms with Crippen molar-refractivity contribution in [3.8, 4) is 5.75 Å². The Balaban J connectivity index is 0.0000397. The standard InChI is InChI=1S/C55H100N2O6.BrH/c1-6-8-10-12-14-16-18-20-22-24-26-28-30-32-34-37-48-62-53(58)45-44-52(56-54(59)50-40-42-51(43-41-50)61-47-39-36-46-57(3,4)5)55(60)63-49-38-35-33-31-29-27-25-23-21-19-17-15-13-11-9-7-2;/h40-43,52H,6-39,44-49H2,1-5H3;1H. The first-order valence-electron chi connectivity index (χ1n) is 26.8. The molecule has 1 unspecified atom stereocenters. The molecule has 0 spiro atoms. The summed E-state index contributed by atoms with van der Waals surface area (Å²) in [6.07, 6.45) is 43.5. The molecule has 0 aliphatic heterocycles. The molecule has 8 nitrogen and oxygen atoms in total. The zero-order chi connectivity index (χ0) is 45.9. The first-order valence-corrected chi connectivity index (χ1v) is 26.8. The Kier molecular flexibility index (Phi) is 43.2. The van der Waals surface area contributed by atoms with Crippen LogP contribution in [0.1, 0.15) is 255 Å². The van der Waals surface area contributed by atoms with Gasteiger partial charge in [0.2, 0.25) is 0 Å². The molecule has 0 aliphatic rings. The molecular formula is C55H101BrN2O6. The minimum atomic E-state index is -0.932. The fraction of sp³-hybridized carbons (Fsp3) is 0.836. The van der Waals surface area contributed by atoms with Gasteiger partial charge in [0.25, 0.3) is 5.91 Å². The van der Waals surface area contributed by atoms with Crippen LogP contribution in [0.4, 0.5) is 0 Å². The lowest BCUT2D eigenvalue weighted by Crippen LogP contribution is -3.00. The molecule has 374 valence electrons. The molecule has 1 amide bonds. The first kappa shape index (κ1) is 61.9. The van der Waals surface area contributed by atoms with Crippen molar-refractivity contribution in [1.82, 2.24) is 5.32 Å². The van der Waals surface area contributed by atoms with E-state index in [0.717, 1.165) is 56.0 Å². The molecule has 0 radical (unpaired) electrons. The van der Waals surface area contributed by atoms with Crippen LogP contribution >= 0.6 is 0 Å². The quantitative estimate of drug-likeness (QED) is 0.0398. The zero-order valence-electron chi connectivity index (χ0n) is 42.4. The molecule has 0 aliphatic carbocycles. The SMILES string of the molecule is CCCCCCCCCCCCCCCCCCOC(=O)CCC(NC(=O)c1ccc(OCCCC[N+](C)(C)C)cc1)C(=O)OCCCCCCCCCCCCCCCCCC.[Br-]. The lowest BCUT2D eigenvalue weighted by atomic mass is 10.0. The van der Waals surface area contributed by atoms with Gasteiger partial charge in [-0.1, -0.05) is 206 Å².